The molecule has 3 heteroatoms. The first-order chi connectivity index (χ1) is 8.59. The molecule has 102 valence electrons. The van der Waals surface area contributed by atoms with Crippen LogP contribution in [0.4, 0.5) is 0 Å². The molecule has 1 fully saturated rings. The average Bonchev–Trinajstić information content (AvgIpc) is 2.72. The lowest BCUT2D eigenvalue weighted by molar-refractivity contribution is -0.0315. The van der Waals surface area contributed by atoms with Crippen molar-refractivity contribution in [2.45, 2.75) is 58.2 Å². The van der Waals surface area contributed by atoms with Crippen LogP contribution in [0.2, 0.25) is 0 Å². The molecule has 1 aliphatic carbocycles. The summed E-state index contributed by atoms with van der Waals surface area (Å²) in [5.74, 6) is 0.740. The minimum Gasteiger partial charge on any atom is -0.389 e. The van der Waals surface area contributed by atoms with Crippen LogP contribution in [-0.4, -0.2) is 21.8 Å². The minimum atomic E-state index is -0.421. The summed E-state index contributed by atoms with van der Waals surface area (Å²) in [4.78, 5) is 0. The Hall–Kier alpha value is -0.800. The van der Waals surface area contributed by atoms with Crippen LogP contribution in [0, 0.1) is 5.92 Å². The van der Waals surface area contributed by atoms with E-state index in [-0.39, 0.29) is 0 Å². The van der Waals surface area contributed by atoms with Crippen molar-refractivity contribution in [2.24, 2.45) is 5.92 Å². The highest BCUT2D eigenvalue weighted by Gasteiger charge is 2.33. The van der Waals surface area contributed by atoms with Crippen LogP contribution < -0.4 is 5.32 Å². The number of aliphatic hydroxyl groups is 1. The molecular weight excluding hydrogens is 224 g/mol. The fourth-order valence-corrected chi connectivity index (χ4v) is 2.41. The largest absolute Gasteiger partial charge is 0.389 e. The first-order valence-electron chi connectivity index (χ1n) is 7.16. The smallest absolute Gasteiger partial charge is 0.0771 e. The summed E-state index contributed by atoms with van der Waals surface area (Å²) >= 11 is 0. The van der Waals surface area contributed by atoms with E-state index in [9.17, 15) is 5.11 Å². The van der Waals surface area contributed by atoms with Crippen molar-refractivity contribution in [2.75, 3.05) is 6.54 Å². The number of hydrogen-bond donors (Lipinski definition) is 2. The fourth-order valence-electron chi connectivity index (χ4n) is 2.41. The summed E-state index contributed by atoms with van der Waals surface area (Å²) in [7, 11) is 0. The van der Waals surface area contributed by atoms with Gasteiger partial charge < -0.3 is 15.0 Å². The van der Waals surface area contributed by atoms with Gasteiger partial charge in [0.25, 0.3) is 0 Å². The minimum absolute atomic E-state index is 0.421. The molecular formula is C15H26N2O. The highest BCUT2D eigenvalue weighted by Crippen LogP contribution is 2.30. The Kier molecular flexibility index (Phi) is 4.46. The van der Waals surface area contributed by atoms with Crippen LogP contribution in [0.25, 0.3) is 0 Å². The summed E-state index contributed by atoms with van der Waals surface area (Å²) in [6, 6.07) is 4.27. The second-order valence-electron chi connectivity index (χ2n) is 6.06. The van der Waals surface area contributed by atoms with Gasteiger partial charge in [-0.05, 0) is 43.7 Å². The number of aromatic nitrogens is 1. The zero-order valence-electron chi connectivity index (χ0n) is 11.7. The molecule has 2 N–H and O–H groups in total. The lowest BCUT2D eigenvalue weighted by Gasteiger charge is -2.36. The number of nitrogens with zero attached hydrogens (tertiary/aromatic N) is 1. The first-order valence-corrected chi connectivity index (χ1v) is 7.16. The van der Waals surface area contributed by atoms with E-state index in [1.54, 1.807) is 0 Å². The van der Waals surface area contributed by atoms with Crippen molar-refractivity contribution >= 4 is 0 Å². The molecule has 0 amide bonds. The van der Waals surface area contributed by atoms with Crippen LogP contribution in [0.15, 0.2) is 18.3 Å². The zero-order valence-corrected chi connectivity index (χ0v) is 11.7. The Balaban J connectivity index is 1.76. The van der Waals surface area contributed by atoms with Gasteiger partial charge in [-0.1, -0.05) is 13.8 Å². The van der Waals surface area contributed by atoms with E-state index in [2.05, 4.69) is 42.1 Å². The summed E-state index contributed by atoms with van der Waals surface area (Å²) in [6.07, 6.45) is 6.44. The third-order valence-electron chi connectivity index (χ3n) is 3.92. The van der Waals surface area contributed by atoms with Crippen molar-refractivity contribution in [3.05, 3.63) is 24.0 Å². The van der Waals surface area contributed by atoms with Crippen molar-refractivity contribution in [1.29, 1.82) is 0 Å². The predicted octanol–water partition coefficient (Wildman–Crippen LogP) is 2.54. The SMILES string of the molecule is CC(C)CCn1cccc1CNCC1(O)CCC1. The van der Waals surface area contributed by atoms with Crippen molar-refractivity contribution in [3.63, 3.8) is 0 Å². The summed E-state index contributed by atoms with van der Waals surface area (Å²) in [5, 5.41) is 13.4. The van der Waals surface area contributed by atoms with Crippen molar-refractivity contribution in [1.82, 2.24) is 9.88 Å². The molecule has 1 aliphatic rings. The molecule has 1 aromatic heterocycles. The van der Waals surface area contributed by atoms with Crippen LogP contribution in [0.1, 0.15) is 45.2 Å². The molecule has 0 unspecified atom stereocenters. The Bertz CT molecular complexity index is 366. The van der Waals surface area contributed by atoms with Crippen molar-refractivity contribution < 1.29 is 5.11 Å². The first kappa shape index (κ1) is 13.6. The van der Waals surface area contributed by atoms with E-state index < -0.39 is 5.60 Å². The van der Waals surface area contributed by atoms with E-state index in [1.165, 1.54) is 18.5 Å². The van der Waals surface area contributed by atoms with Crippen molar-refractivity contribution in [3.8, 4) is 0 Å². The van der Waals surface area contributed by atoms with Gasteiger partial charge >= 0.3 is 0 Å². The van der Waals surface area contributed by atoms with Gasteiger partial charge in [0.2, 0.25) is 0 Å². The molecule has 0 saturated heterocycles. The van der Waals surface area contributed by atoms with Gasteiger partial charge in [0.15, 0.2) is 0 Å². The summed E-state index contributed by atoms with van der Waals surface area (Å²) in [5.41, 5.74) is 0.897. The van der Waals surface area contributed by atoms with E-state index in [0.29, 0.717) is 0 Å². The molecule has 1 aromatic rings. The number of aryl methyl sites for hydroxylation is 1. The van der Waals surface area contributed by atoms with Crippen LogP contribution in [0.3, 0.4) is 0 Å². The van der Waals surface area contributed by atoms with E-state index in [0.717, 1.165) is 38.4 Å². The highest BCUT2D eigenvalue weighted by molar-refractivity contribution is 5.07. The van der Waals surface area contributed by atoms with Gasteiger partial charge in [0.1, 0.15) is 0 Å². The average molecular weight is 250 g/mol. The third kappa shape index (κ3) is 3.59. The maximum absolute atomic E-state index is 10.0. The Labute approximate surface area is 110 Å². The van der Waals surface area contributed by atoms with Gasteiger partial charge in [0.05, 0.1) is 5.60 Å². The fraction of sp³-hybridized carbons (Fsp3) is 0.733. The standard InChI is InChI=1S/C15H26N2O/c1-13(2)6-10-17-9-3-5-14(17)11-16-12-15(18)7-4-8-15/h3,5,9,13,16,18H,4,6-8,10-12H2,1-2H3. The Morgan fingerprint density at radius 3 is 2.83 bits per heavy atom. The number of hydrogen-bond acceptors (Lipinski definition) is 2. The highest BCUT2D eigenvalue weighted by atomic mass is 16.3. The summed E-state index contributed by atoms with van der Waals surface area (Å²) < 4.78 is 2.32. The lowest BCUT2D eigenvalue weighted by Crippen LogP contribution is -2.46. The predicted molar refractivity (Wildman–Crippen MR) is 74.4 cm³/mol. The molecule has 2 rings (SSSR count). The summed E-state index contributed by atoms with van der Waals surface area (Å²) in [6.45, 7) is 7.18. The van der Waals surface area contributed by atoms with E-state index in [4.69, 9.17) is 0 Å². The van der Waals surface area contributed by atoms with Crippen LogP contribution in [0.5, 0.6) is 0 Å². The van der Waals surface area contributed by atoms with Crippen LogP contribution >= 0.6 is 0 Å². The lowest BCUT2D eigenvalue weighted by atomic mass is 9.80. The number of rotatable bonds is 7. The maximum Gasteiger partial charge on any atom is 0.0771 e. The molecule has 1 heterocycles. The molecule has 3 nitrogen and oxygen atoms in total. The molecule has 0 atom stereocenters. The zero-order chi connectivity index (χ0) is 13.0. The molecule has 0 bridgehead atoms. The molecule has 0 aromatic carbocycles. The van der Waals surface area contributed by atoms with Gasteiger partial charge in [-0.3, -0.25) is 0 Å². The van der Waals surface area contributed by atoms with Gasteiger partial charge in [0, 0.05) is 31.5 Å². The topological polar surface area (TPSA) is 37.2 Å². The van der Waals surface area contributed by atoms with Crippen LogP contribution in [-0.2, 0) is 13.1 Å². The third-order valence-corrected chi connectivity index (χ3v) is 3.92. The molecule has 0 aliphatic heterocycles. The maximum atomic E-state index is 10.0. The Morgan fingerprint density at radius 2 is 2.22 bits per heavy atom. The normalized spacial score (nSPS) is 18.0. The second kappa shape index (κ2) is 5.89. The molecule has 1 saturated carbocycles. The molecule has 18 heavy (non-hydrogen) atoms. The Morgan fingerprint density at radius 1 is 1.44 bits per heavy atom. The van der Waals surface area contributed by atoms with Gasteiger partial charge in [-0.25, -0.2) is 0 Å². The quantitative estimate of drug-likeness (QED) is 0.780. The monoisotopic (exact) mass is 250 g/mol. The second-order valence-corrected chi connectivity index (χ2v) is 6.06. The molecule has 0 spiro atoms. The molecule has 0 radical (unpaired) electrons. The van der Waals surface area contributed by atoms with E-state index in [1.807, 2.05) is 0 Å². The number of nitrogens with one attached hydrogen (secondary N) is 1. The van der Waals surface area contributed by atoms with Gasteiger partial charge in [-0.2, -0.15) is 0 Å². The van der Waals surface area contributed by atoms with Gasteiger partial charge in [-0.15, -0.1) is 0 Å². The van der Waals surface area contributed by atoms with E-state index >= 15 is 0 Å².